The maximum atomic E-state index is 13.8. The second-order valence-corrected chi connectivity index (χ2v) is 7.53. The van der Waals surface area contributed by atoms with Crippen molar-refractivity contribution in [3.05, 3.63) is 58.2 Å². The van der Waals surface area contributed by atoms with Gasteiger partial charge in [-0.2, -0.15) is 5.10 Å². The highest BCUT2D eigenvalue weighted by molar-refractivity contribution is 7.13. The van der Waals surface area contributed by atoms with Gasteiger partial charge in [0.25, 0.3) is 5.91 Å². The number of hydrogen-bond donors (Lipinski definition) is 2. The zero-order valence-corrected chi connectivity index (χ0v) is 15.3. The number of carbonyl (C=O) groups is 1. The molecule has 8 heteroatoms. The smallest absolute Gasteiger partial charge is 0.254 e. The van der Waals surface area contributed by atoms with E-state index < -0.39 is 11.7 Å². The highest BCUT2D eigenvalue weighted by Crippen LogP contribution is 2.27. The molecule has 1 saturated heterocycles. The SMILES string of the molecule is O=C(NC1CCN(c2cc(-c3cccs3)[nH]n2)C1)c1cc(Cl)ccc1F. The van der Waals surface area contributed by atoms with Crippen molar-refractivity contribution in [1.82, 2.24) is 15.5 Å². The normalized spacial score (nSPS) is 16.8. The molecular weight excluding hydrogens is 375 g/mol. The molecule has 1 aliphatic rings. The topological polar surface area (TPSA) is 61.0 Å². The van der Waals surface area contributed by atoms with Crippen molar-refractivity contribution in [2.75, 3.05) is 18.0 Å². The molecule has 1 aromatic carbocycles. The molecule has 0 spiro atoms. The van der Waals surface area contributed by atoms with E-state index in [1.54, 1.807) is 11.3 Å². The lowest BCUT2D eigenvalue weighted by Crippen LogP contribution is -2.37. The number of thiophene rings is 1. The summed E-state index contributed by atoms with van der Waals surface area (Å²) < 4.78 is 13.8. The predicted molar refractivity (Wildman–Crippen MR) is 101 cm³/mol. The third kappa shape index (κ3) is 3.45. The van der Waals surface area contributed by atoms with Crippen molar-refractivity contribution in [3.8, 4) is 10.6 Å². The van der Waals surface area contributed by atoms with Gasteiger partial charge in [0.15, 0.2) is 5.82 Å². The van der Waals surface area contributed by atoms with Crippen molar-refractivity contribution in [2.45, 2.75) is 12.5 Å². The van der Waals surface area contributed by atoms with E-state index in [0.29, 0.717) is 11.6 Å². The molecular formula is C18H16ClFN4OS. The summed E-state index contributed by atoms with van der Waals surface area (Å²) in [6.45, 7) is 1.40. The van der Waals surface area contributed by atoms with Crippen molar-refractivity contribution in [3.63, 3.8) is 0 Å². The number of anilines is 1. The zero-order chi connectivity index (χ0) is 18.1. The van der Waals surface area contributed by atoms with Gasteiger partial charge in [-0.25, -0.2) is 4.39 Å². The molecule has 1 atom stereocenters. The van der Waals surface area contributed by atoms with Crippen LogP contribution in [0.5, 0.6) is 0 Å². The molecule has 3 heterocycles. The first kappa shape index (κ1) is 17.1. The third-order valence-corrected chi connectivity index (χ3v) is 5.51. The first-order chi connectivity index (χ1) is 12.6. The first-order valence-electron chi connectivity index (χ1n) is 8.20. The molecule has 0 aliphatic carbocycles. The van der Waals surface area contributed by atoms with E-state index in [1.165, 1.54) is 18.2 Å². The Morgan fingerprint density at radius 1 is 1.38 bits per heavy atom. The molecule has 0 radical (unpaired) electrons. The van der Waals surface area contributed by atoms with Crippen LogP contribution >= 0.6 is 22.9 Å². The number of aromatic amines is 1. The predicted octanol–water partition coefficient (Wildman–Crippen LogP) is 3.94. The quantitative estimate of drug-likeness (QED) is 0.709. The second kappa shape index (κ2) is 7.09. The first-order valence-corrected chi connectivity index (χ1v) is 9.46. The van der Waals surface area contributed by atoms with E-state index in [0.717, 1.165) is 29.4 Å². The number of H-pyrrole nitrogens is 1. The van der Waals surface area contributed by atoms with Crippen LogP contribution in [-0.4, -0.2) is 35.2 Å². The summed E-state index contributed by atoms with van der Waals surface area (Å²) in [5.41, 5.74) is 0.944. The number of aromatic nitrogens is 2. The molecule has 5 nitrogen and oxygen atoms in total. The van der Waals surface area contributed by atoms with Crippen molar-refractivity contribution < 1.29 is 9.18 Å². The van der Waals surface area contributed by atoms with Gasteiger partial charge in [0, 0.05) is 30.2 Å². The maximum Gasteiger partial charge on any atom is 0.254 e. The number of nitrogens with one attached hydrogen (secondary N) is 2. The largest absolute Gasteiger partial charge is 0.353 e. The average molecular weight is 391 g/mol. The van der Waals surface area contributed by atoms with Gasteiger partial charge in [-0.15, -0.1) is 11.3 Å². The van der Waals surface area contributed by atoms with Crippen LogP contribution in [0.2, 0.25) is 5.02 Å². The Morgan fingerprint density at radius 3 is 3.08 bits per heavy atom. The molecule has 3 aromatic rings. The fourth-order valence-corrected chi connectivity index (χ4v) is 3.92. The molecule has 1 unspecified atom stereocenters. The number of carbonyl (C=O) groups excluding carboxylic acids is 1. The summed E-state index contributed by atoms with van der Waals surface area (Å²) >= 11 is 7.51. The molecule has 1 amide bonds. The van der Waals surface area contributed by atoms with Gasteiger partial charge < -0.3 is 10.2 Å². The van der Waals surface area contributed by atoms with Crippen LogP contribution in [0.25, 0.3) is 10.6 Å². The van der Waals surface area contributed by atoms with E-state index >= 15 is 0 Å². The molecule has 0 saturated carbocycles. The van der Waals surface area contributed by atoms with Gasteiger partial charge >= 0.3 is 0 Å². The van der Waals surface area contributed by atoms with Crippen LogP contribution in [0.1, 0.15) is 16.8 Å². The van der Waals surface area contributed by atoms with Gasteiger partial charge in [-0.3, -0.25) is 9.89 Å². The number of rotatable bonds is 4. The fourth-order valence-electron chi connectivity index (χ4n) is 3.05. The van der Waals surface area contributed by atoms with Crippen LogP contribution in [0.3, 0.4) is 0 Å². The average Bonchev–Trinajstić information content (AvgIpc) is 3.37. The van der Waals surface area contributed by atoms with Crippen molar-refractivity contribution >= 4 is 34.7 Å². The molecule has 134 valence electrons. The summed E-state index contributed by atoms with van der Waals surface area (Å²) in [6, 6.07) is 9.95. The van der Waals surface area contributed by atoms with Crippen molar-refractivity contribution in [1.29, 1.82) is 0 Å². The lowest BCUT2D eigenvalue weighted by molar-refractivity contribution is 0.0936. The van der Waals surface area contributed by atoms with Gasteiger partial charge in [0.2, 0.25) is 0 Å². The van der Waals surface area contributed by atoms with Crippen LogP contribution in [0.4, 0.5) is 10.2 Å². The Bertz CT molecular complexity index is 927. The number of halogens is 2. The molecule has 0 bridgehead atoms. The highest BCUT2D eigenvalue weighted by atomic mass is 35.5. The van der Waals surface area contributed by atoms with Crippen LogP contribution < -0.4 is 10.2 Å². The number of amides is 1. The Balaban J connectivity index is 1.41. The maximum absolute atomic E-state index is 13.8. The Hall–Kier alpha value is -2.38. The minimum absolute atomic E-state index is 0.0318. The van der Waals surface area contributed by atoms with Crippen LogP contribution in [0, 0.1) is 5.82 Å². The number of hydrogen-bond acceptors (Lipinski definition) is 4. The lowest BCUT2D eigenvalue weighted by atomic mass is 10.1. The summed E-state index contributed by atoms with van der Waals surface area (Å²) in [6.07, 6.45) is 0.773. The minimum atomic E-state index is -0.574. The molecule has 4 rings (SSSR count). The summed E-state index contributed by atoms with van der Waals surface area (Å²) in [5, 5.41) is 12.7. The monoisotopic (exact) mass is 390 g/mol. The standard InChI is InChI=1S/C18H16ClFN4OS/c19-11-3-4-14(20)13(8-11)18(25)21-12-5-6-24(10-12)17-9-15(22-23-17)16-2-1-7-26-16/h1-4,7-9,12H,5-6,10H2,(H,21,25)(H,22,23). The fraction of sp³-hybridized carbons (Fsp3) is 0.222. The molecule has 1 fully saturated rings. The van der Waals surface area contributed by atoms with Crippen LogP contribution in [0.15, 0.2) is 41.8 Å². The van der Waals surface area contributed by atoms with Gasteiger partial charge in [-0.1, -0.05) is 17.7 Å². The Kier molecular flexibility index (Phi) is 4.65. The molecule has 26 heavy (non-hydrogen) atoms. The van der Waals surface area contributed by atoms with E-state index in [1.807, 2.05) is 23.6 Å². The van der Waals surface area contributed by atoms with Gasteiger partial charge in [-0.05, 0) is 36.1 Å². The zero-order valence-electron chi connectivity index (χ0n) is 13.7. The van der Waals surface area contributed by atoms with Gasteiger partial charge in [0.05, 0.1) is 16.1 Å². The Labute approximate surface area is 158 Å². The summed E-state index contributed by atoms with van der Waals surface area (Å²) in [7, 11) is 0. The molecule has 2 N–H and O–H groups in total. The van der Waals surface area contributed by atoms with Crippen LogP contribution in [-0.2, 0) is 0 Å². The minimum Gasteiger partial charge on any atom is -0.353 e. The van der Waals surface area contributed by atoms with E-state index in [4.69, 9.17) is 11.6 Å². The lowest BCUT2D eigenvalue weighted by Gasteiger charge is -2.16. The summed E-state index contributed by atoms with van der Waals surface area (Å²) in [4.78, 5) is 15.6. The summed E-state index contributed by atoms with van der Waals surface area (Å²) in [5.74, 6) is -0.174. The molecule has 1 aliphatic heterocycles. The van der Waals surface area contributed by atoms with E-state index in [9.17, 15) is 9.18 Å². The van der Waals surface area contributed by atoms with E-state index in [2.05, 4.69) is 20.4 Å². The van der Waals surface area contributed by atoms with Gasteiger partial charge in [0.1, 0.15) is 5.82 Å². The number of benzene rings is 1. The molecule has 2 aromatic heterocycles. The number of nitrogens with zero attached hydrogens (tertiary/aromatic N) is 2. The highest BCUT2D eigenvalue weighted by Gasteiger charge is 2.26. The second-order valence-electron chi connectivity index (χ2n) is 6.15. The third-order valence-electron chi connectivity index (χ3n) is 4.37. The van der Waals surface area contributed by atoms with E-state index in [-0.39, 0.29) is 11.6 Å². The Morgan fingerprint density at radius 2 is 2.27 bits per heavy atom. The van der Waals surface area contributed by atoms with Crippen molar-refractivity contribution in [2.24, 2.45) is 0 Å².